The van der Waals surface area contributed by atoms with Crippen molar-refractivity contribution in [1.29, 1.82) is 0 Å². The third kappa shape index (κ3) is 6.34. The van der Waals surface area contributed by atoms with Crippen molar-refractivity contribution in [2.24, 2.45) is 0 Å². The zero-order valence-electron chi connectivity index (χ0n) is 23.7. The lowest BCUT2D eigenvalue weighted by Gasteiger charge is -2.17. The Labute approximate surface area is 231 Å². The first-order valence-corrected chi connectivity index (χ1v) is 13.3. The standard InChI is InChI=1S/C28H25F5N2O4S/c1-40(38,39)23-7-3-17(4-8-23)25(16-36)34-27(37)19-5-9-26-20(12-19)14-22(35(26)11-10-29)13-18-2-6-21(30)15-24(18)28(31,32)33/h2-9,12,14-15,25,36H,10-11,13,16H2,1H3,(H,34,37)/i1D3. The van der Waals surface area contributed by atoms with Gasteiger partial charge >= 0.3 is 6.18 Å². The lowest BCUT2D eigenvalue weighted by molar-refractivity contribution is -0.138. The fourth-order valence-electron chi connectivity index (χ4n) is 4.48. The third-order valence-electron chi connectivity index (χ3n) is 6.39. The van der Waals surface area contributed by atoms with E-state index in [1.54, 1.807) is 0 Å². The number of hydrogen-bond donors (Lipinski definition) is 2. The molecule has 0 saturated heterocycles. The van der Waals surface area contributed by atoms with Crippen molar-refractivity contribution in [1.82, 2.24) is 9.88 Å². The van der Waals surface area contributed by atoms with E-state index in [1.807, 2.05) is 0 Å². The summed E-state index contributed by atoms with van der Waals surface area (Å²) in [6.07, 6.45) is -8.36. The molecule has 0 saturated carbocycles. The van der Waals surface area contributed by atoms with Gasteiger partial charge < -0.3 is 15.0 Å². The Hall–Kier alpha value is -3.77. The topological polar surface area (TPSA) is 88.4 Å². The van der Waals surface area contributed by atoms with Crippen LogP contribution in [-0.2, 0) is 29.0 Å². The second kappa shape index (κ2) is 11.4. The van der Waals surface area contributed by atoms with Gasteiger partial charge in [0.1, 0.15) is 12.5 Å². The van der Waals surface area contributed by atoms with Gasteiger partial charge in [-0.1, -0.05) is 18.2 Å². The van der Waals surface area contributed by atoms with E-state index in [9.17, 15) is 40.3 Å². The summed E-state index contributed by atoms with van der Waals surface area (Å²) in [6.45, 7) is -1.58. The Morgan fingerprint density at radius 3 is 2.42 bits per heavy atom. The minimum atomic E-state index is -4.81. The number of carbonyl (C=O) groups is 1. The summed E-state index contributed by atoms with van der Waals surface area (Å²) in [5, 5.41) is 12.9. The number of amides is 1. The van der Waals surface area contributed by atoms with E-state index in [0.29, 0.717) is 22.7 Å². The SMILES string of the molecule is [2H]C([2H])([2H])S(=O)(=O)c1ccc(C(CO)NC(=O)c2ccc3c(c2)cc(Cc2ccc(F)cc2C(F)(F)F)n3CCF)cc1. The molecule has 1 heterocycles. The van der Waals surface area contributed by atoms with E-state index in [-0.39, 0.29) is 29.7 Å². The number of nitrogens with zero attached hydrogens (tertiary/aromatic N) is 1. The smallest absolute Gasteiger partial charge is 0.394 e. The molecule has 6 nitrogen and oxygen atoms in total. The first kappa shape index (κ1) is 25.2. The maximum atomic E-state index is 13.6. The van der Waals surface area contributed by atoms with Crippen molar-refractivity contribution in [2.45, 2.75) is 30.1 Å². The molecule has 0 radical (unpaired) electrons. The zero-order chi connectivity index (χ0) is 31.7. The summed E-state index contributed by atoms with van der Waals surface area (Å²) >= 11 is 0. The summed E-state index contributed by atoms with van der Waals surface area (Å²) < 4.78 is 115. The average molecular weight is 584 g/mol. The van der Waals surface area contributed by atoms with Crippen LogP contribution in [0.2, 0.25) is 0 Å². The predicted molar refractivity (Wildman–Crippen MR) is 139 cm³/mol. The second-order valence-corrected chi connectivity index (χ2v) is 10.5. The Bertz CT molecular complexity index is 1760. The molecule has 0 aliphatic rings. The maximum Gasteiger partial charge on any atom is 0.416 e. The average Bonchev–Trinajstić information content (AvgIpc) is 3.27. The van der Waals surface area contributed by atoms with E-state index in [0.717, 1.165) is 24.3 Å². The molecule has 0 aliphatic heterocycles. The Kier molecular flexibility index (Phi) is 7.17. The van der Waals surface area contributed by atoms with E-state index in [2.05, 4.69) is 5.32 Å². The summed E-state index contributed by atoms with van der Waals surface area (Å²) in [5.41, 5.74) is -0.207. The van der Waals surface area contributed by atoms with Crippen molar-refractivity contribution in [3.63, 3.8) is 0 Å². The van der Waals surface area contributed by atoms with Crippen molar-refractivity contribution in [3.05, 3.63) is 100 Å². The molecular weight excluding hydrogens is 555 g/mol. The normalized spacial score (nSPS) is 14.4. The lowest BCUT2D eigenvalue weighted by Crippen LogP contribution is -2.30. The fraction of sp³-hybridized carbons (Fsp3) is 0.250. The summed E-state index contributed by atoms with van der Waals surface area (Å²) in [4.78, 5) is 12.6. The number of aromatic nitrogens is 1. The number of benzene rings is 3. The molecular formula is C28H25F5N2O4S. The molecule has 0 aliphatic carbocycles. The Morgan fingerprint density at radius 1 is 1.07 bits per heavy atom. The summed E-state index contributed by atoms with van der Waals surface area (Å²) in [5.74, 6) is -1.70. The van der Waals surface area contributed by atoms with Crippen LogP contribution in [0.4, 0.5) is 22.0 Å². The van der Waals surface area contributed by atoms with Gasteiger partial charge in [0.2, 0.25) is 0 Å². The number of fused-ring (bicyclic) bond motifs is 1. The molecule has 12 heteroatoms. The van der Waals surface area contributed by atoms with Crippen LogP contribution in [0.5, 0.6) is 0 Å². The van der Waals surface area contributed by atoms with Crippen LogP contribution in [0.3, 0.4) is 0 Å². The zero-order valence-corrected chi connectivity index (χ0v) is 21.5. The van der Waals surface area contributed by atoms with Crippen LogP contribution in [0.25, 0.3) is 10.9 Å². The fourth-order valence-corrected chi connectivity index (χ4v) is 4.98. The van der Waals surface area contributed by atoms with Crippen LogP contribution in [0.15, 0.2) is 71.6 Å². The molecule has 0 spiro atoms. The molecule has 1 amide bonds. The van der Waals surface area contributed by atoms with Crippen molar-refractivity contribution >= 4 is 26.6 Å². The number of carbonyl (C=O) groups excluding carboxylic acids is 1. The number of nitrogens with one attached hydrogen (secondary N) is 1. The van der Waals surface area contributed by atoms with Gasteiger partial charge in [-0.05, 0) is 59.7 Å². The minimum Gasteiger partial charge on any atom is -0.394 e. The Morgan fingerprint density at radius 2 is 1.80 bits per heavy atom. The van der Waals surface area contributed by atoms with Gasteiger partial charge in [-0.25, -0.2) is 17.2 Å². The van der Waals surface area contributed by atoms with Gasteiger partial charge in [0.05, 0.1) is 29.7 Å². The maximum absolute atomic E-state index is 13.6. The van der Waals surface area contributed by atoms with Crippen molar-refractivity contribution < 1.29 is 44.4 Å². The minimum absolute atomic E-state index is 0.106. The number of halogens is 5. The molecule has 3 aromatic carbocycles. The highest BCUT2D eigenvalue weighted by molar-refractivity contribution is 7.90. The molecule has 4 rings (SSSR count). The van der Waals surface area contributed by atoms with Gasteiger partial charge in [-0.2, -0.15) is 13.2 Å². The van der Waals surface area contributed by atoms with Gasteiger partial charge in [0, 0.05) is 38.9 Å². The second-order valence-electron chi connectivity index (χ2n) is 9.01. The van der Waals surface area contributed by atoms with Crippen LogP contribution < -0.4 is 5.32 Å². The van der Waals surface area contributed by atoms with E-state index in [4.69, 9.17) is 4.11 Å². The van der Waals surface area contributed by atoms with Gasteiger partial charge in [0.25, 0.3) is 5.91 Å². The number of aryl methyl sites for hydroxylation is 1. The molecule has 212 valence electrons. The molecule has 2 N–H and O–H groups in total. The van der Waals surface area contributed by atoms with E-state index >= 15 is 0 Å². The number of aliphatic hydroxyl groups is 1. The lowest BCUT2D eigenvalue weighted by atomic mass is 10.0. The number of hydrogen-bond acceptors (Lipinski definition) is 4. The number of aliphatic hydroxyl groups excluding tert-OH is 1. The largest absolute Gasteiger partial charge is 0.416 e. The number of rotatable bonds is 9. The van der Waals surface area contributed by atoms with Crippen LogP contribution >= 0.6 is 0 Å². The number of alkyl halides is 4. The molecule has 1 unspecified atom stereocenters. The molecule has 1 aromatic heterocycles. The first-order chi connectivity index (χ1) is 20.1. The van der Waals surface area contributed by atoms with E-state index in [1.165, 1.54) is 41.0 Å². The molecule has 0 fully saturated rings. The van der Waals surface area contributed by atoms with Crippen molar-refractivity contribution in [3.8, 4) is 0 Å². The number of sulfone groups is 1. The third-order valence-corrected chi connectivity index (χ3v) is 7.28. The van der Waals surface area contributed by atoms with Gasteiger partial charge in [-0.3, -0.25) is 4.79 Å². The monoisotopic (exact) mass is 583 g/mol. The highest BCUT2D eigenvalue weighted by atomic mass is 32.2. The molecule has 0 bridgehead atoms. The summed E-state index contributed by atoms with van der Waals surface area (Å²) in [7, 11) is -4.60. The molecule has 1 atom stereocenters. The highest BCUT2D eigenvalue weighted by Crippen LogP contribution is 2.34. The quantitative estimate of drug-likeness (QED) is 0.265. The highest BCUT2D eigenvalue weighted by Gasteiger charge is 2.34. The predicted octanol–water partition coefficient (Wildman–Crippen LogP) is 5.23. The Balaban J connectivity index is 1.61. The van der Waals surface area contributed by atoms with Crippen LogP contribution in [-0.4, -0.2) is 43.5 Å². The first-order valence-electron chi connectivity index (χ1n) is 13.4. The van der Waals surface area contributed by atoms with Crippen LogP contribution in [0.1, 0.15) is 42.9 Å². The summed E-state index contributed by atoms with van der Waals surface area (Å²) in [6, 6.07) is 11.8. The van der Waals surface area contributed by atoms with Gasteiger partial charge in [-0.15, -0.1) is 0 Å². The molecule has 40 heavy (non-hydrogen) atoms. The molecule has 4 aromatic rings. The van der Waals surface area contributed by atoms with E-state index < -0.39 is 63.7 Å². The van der Waals surface area contributed by atoms with Crippen molar-refractivity contribution in [2.75, 3.05) is 19.5 Å². The van der Waals surface area contributed by atoms with Crippen LogP contribution in [0, 0.1) is 5.82 Å². The van der Waals surface area contributed by atoms with Gasteiger partial charge in [0.15, 0.2) is 9.84 Å².